The average Bonchev–Trinajstić information content (AvgIpc) is 3.63. The molecule has 0 amide bonds. The minimum Gasteiger partial charge on any atom is -0.454 e. The lowest BCUT2D eigenvalue weighted by Gasteiger charge is -2.32. The zero-order chi connectivity index (χ0) is 31.1. The third-order valence-electron chi connectivity index (χ3n) is 10.7. The van der Waals surface area contributed by atoms with Gasteiger partial charge in [-0.3, -0.25) is 0 Å². The standard InChI is InChI=1S/C40H34N4O2/c1-23-7-11-43(12-8-23)29-5-3-25-17-31-35(19-27(25)15-29)45-39-34(22-42)40-38(33(21-41)37(31)39)32-18-26-4-6-30(16-28(26)20-36(32)46-40)44-13-9-24(2)10-14-44/h3-6,15-20,23-24H,7-14H2,1-2H3. The second kappa shape index (κ2) is 10.2. The zero-order valence-electron chi connectivity index (χ0n) is 26.2. The first kappa shape index (κ1) is 27.1. The smallest absolute Gasteiger partial charge is 0.158 e. The molecule has 2 saturated heterocycles. The molecule has 0 atom stereocenters. The summed E-state index contributed by atoms with van der Waals surface area (Å²) in [6, 6.07) is 26.4. The van der Waals surface area contributed by atoms with Crippen molar-refractivity contribution in [1.82, 2.24) is 0 Å². The Balaban J connectivity index is 1.23. The lowest BCUT2D eigenvalue weighted by Crippen LogP contribution is -2.32. The maximum atomic E-state index is 10.7. The van der Waals surface area contributed by atoms with E-state index in [1.165, 1.54) is 37.1 Å². The van der Waals surface area contributed by atoms with Crippen LogP contribution in [0.4, 0.5) is 11.4 Å². The summed E-state index contributed by atoms with van der Waals surface area (Å²) in [6.45, 7) is 8.93. The van der Waals surface area contributed by atoms with E-state index in [0.29, 0.717) is 44.2 Å². The molecule has 2 fully saturated rings. The molecule has 2 aliphatic heterocycles. The minimum atomic E-state index is 0.329. The predicted octanol–water partition coefficient (Wildman–Crippen LogP) is 10.0. The van der Waals surface area contributed by atoms with Crippen LogP contribution in [0.5, 0.6) is 0 Å². The van der Waals surface area contributed by atoms with Crippen LogP contribution in [0.1, 0.15) is 50.7 Å². The first-order valence-corrected chi connectivity index (χ1v) is 16.5. The van der Waals surface area contributed by atoms with Gasteiger partial charge in [-0.05, 0) is 108 Å². The number of hydrogen-bond donors (Lipinski definition) is 0. The van der Waals surface area contributed by atoms with Crippen LogP contribution >= 0.6 is 0 Å². The lowest BCUT2D eigenvalue weighted by molar-refractivity contribution is 0.438. The van der Waals surface area contributed by atoms with Crippen LogP contribution in [-0.2, 0) is 0 Å². The van der Waals surface area contributed by atoms with Gasteiger partial charge in [0.05, 0.1) is 5.56 Å². The van der Waals surface area contributed by atoms with Crippen molar-refractivity contribution < 1.29 is 8.83 Å². The number of furan rings is 2. The first-order valence-electron chi connectivity index (χ1n) is 16.5. The molecule has 7 aromatic rings. The fourth-order valence-electron chi connectivity index (χ4n) is 7.87. The van der Waals surface area contributed by atoms with Crippen molar-refractivity contribution in [3.8, 4) is 12.1 Å². The molecule has 6 nitrogen and oxygen atoms in total. The van der Waals surface area contributed by atoms with E-state index in [2.05, 4.69) is 96.4 Å². The maximum Gasteiger partial charge on any atom is 0.158 e. The lowest BCUT2D eigenvalue weighted by atomic mass is 9.95. The van der Waals surface area contributed by atoms with E-state index >= 15 is 0 Å². The Bertz CT molecular complexity index is 2300. The summed E-state index contributed by atoms with van der Waals surface area (Å²) in [4.78, 5) is 4.92. The molecule has 0 unspecified atom stereocenters. The van der Waals surface area contributed by atoms with E-state index in [1.54, 1.807) is 0 Å². The number of hydrogen-bond acceptors (Lipinski definition) is 6. The molecule has 4 heterocycles. The highest BCUT2D eigenvalue weighted by Gasteiger charge is 2.26. The average molecular weight is 603 g/mol. The van der Waals surface area contributed by atoms with E-state index < -0.39 is 0 Å². The Labute approximate surface area is 267 Å². The molecule has 9 rings (SSSR count). The Morgan fingerprint density at radius 1 is 0.565 bits per heavy atom. The van der Waals surface area contributed by atoms with E-state index in [9.17, 15) is 10.5 Å². The molecule has 2 aromatic heterocycles. The van der Waals surface area contributed by atoms with Gasteiger partial charge in [-0.2, -0.15) is 10.5 Å². The van der Waals surface area contributed by atoms with Gasteiger partial charge in [0.2, 0.25) is 0 Å². The monoisotopic (exact) mass is 602 g/mol. The van der Waals surface area contributed by atoms with Crippen molar-refractivity contribution in [2.75, 3.05) is 36.0 Å². The van der Waals surface area contributed by atoms with Gasteiger partial charge in [-0.25, -0.2) is 0 Å². The summed E-state index contributed by atoms with van der Waals surface area (Å²) >= 11 is 0. The zero-order valence-corrected chi connectivity index (χ0v) is 26.2. The number of anilines is 2. The van der Waals surface area contributed by atoms with Gasteiger partial charge in [-0.1, -0.05) is 26.0 Å². The van der Waals surface area contributed by atoms with Crippen molar-refractivity contribution in [3.63, 3.8) is 0 Å². The first-order chi connectivity index (χ1) is 22.5. The SMILES string of the molecule is CC1CCN(c2ccc3cc4c(cc3c2)oc2c(C#N)c3oc5cc6cc(N7CCC(C)CC7)ccc6cc5c3c(C#N)c24)CC1. The molecule has 0 N–H and O–H groups in total. The van der Waals surface area contributed by atoms with Crippen molar-refractivity contribution in [3.05, 3.63) is 71.8 Å². The molecule has 46 heavy (non-hydrogen) atoms. The molecule has 6 heteroatoms. The van der Waals surface area contributed by atoms with Crippen LogP contribution in [0.15, 0.2) is 69.5 Å². The summed E-state index contributed by atoms with van der Waals surface area (Å²) in [5, 5.41) is 28.5. The number of fused-ring (bicyclic) bond motifs is 8. The van der Waals surface area contributed by atoms with Gasteiger partial charge < -0.3 is 18.6 Å². The highest BCUT2D eigenvalue weighted by atomic mass is 16.3. The fourth-order valence-corrected chi connectivity index (χ4v) is 7.87. The van der Waals surface area contributed by atoms with E-state index in [4.69, 9.17) is 8.83 Å². The molecule has 226 valence electrons. The summed E-state index contributed by atoms with van der Waals surface area (Å²) in [7, 11) is 0. The van der Waals surface area contributed by atoms with Crippen molar-refractivity contribution >= 4 is 76.8 Å². The Morgan fingerprint density at radius 3 is 1.41 bits per heavy atom. The number of piperidine rings is 2. The number of rotatable bonds is 2. The number of nitrogens with zero attached hydrogens (tertiary/aromatic N) is 4. The molecular weight excluding hydrogens is 568 g/mol. The summed E-state index contributed by atoms with van der Waals surface area (Å²) in [5.41, 5.74) is 5.41. The van der Waals surface area contributed by atoms with Crippen LogP contribution in [0.2, 0.25) is 0 Å². The summed E-state index contributed by atoms with van der Waals surface area (Å²) in [5.74, 6) is 1.54. The van der Waals surface area contributed by atoms with Crippen LogP contribution in [0.25, 0.3) is 65.4 Å². The molecule has 0 aliphatic carbocycles. The Morgan fingerprint density at radius 2 is 1.00 bits per heavy atom. The largest absolute Gasteiger partial charge is 0.454 e. The summed E-state index contributed by atoms with van der Waals surface area (Å²) < 4.78 is 12.9. The highest BCUT2D eigenvalue weighted by molar-refractivity contribution is 6.24. The van der Waals surface area contributed by atoms with Gasteiger partial charge in [0.15, 0.2) is 11.2 Å². The van der Waals surface area contributed by atoms with Crippen LogP contribution in [0, 0.1) is 34.5 Å². The Hall–Kier alpha value is -5.20. The van der Waals surface area contributed by atoms with Crippen LogP contribution < -0.4 is 9.80 Å². The van der Waals surface area contributed by atoms with Gasteiger partial charge in [0.1, 0.15) is 28.9 Å². The number of nitriles is 2. The molecule has 0 bridgehead atoms. The predicted molar refractivity (Wildman–Crippen MR) is 187 cm³/mol. The van der Waals surface area contributed by atoms with E-state index in [-0.39, 0.29) is 0 Å². The van der Waals surface area contributed by atoms with Crippen molar-refractivity contribution in [2.45, 2.75) is 39.5 Å². The molecule has 0 spiro atoms. The third kappa shape index (κ3) is 4.06. The normalized spacial score (nSPS) is 16.8. The topological polar surface area (TPSA) is 80.3 Å². The molecule has 0 saturated carbocycles. The number of benzene rings is 5. The summed E-state index contributed by atoms with van der Waals surface area (Å²) in [6.07, 6.45) is 4.83. The van der Waals surface area contributed by atoms with Gasteiger partial charge >= 0.3 is 0 Å². The molecular formula is C40H34N4O2. The van der Waals surface area contributed by atoms with Gasteiger partial charge in [0, 0.05) is 59.1 Å². The van der Waals surface area contributed by atoms with Crippen LogP contribution in [0.3, 0.4) is 0 Å². The molecule has 2 aliphatic rings. The van der Waals surface area contributed by atoms with Crippen molar-refractivity contribution in [2.24, 2.45) is 11.8 Å². The maximum absolute atomic E-state index is 10.7. The second-order valence-electron chi connectivity index (χ2n) is 13.7. The van der Waals surface area contributed by atoms with Crippen molar-refractivity contribution in [1.29, 1.82) is 10.5 Å². The van der Waals surface area contributed by atoms with Gasteiger partial charge in [0.25, 0.3) is 0 Å². The van der Waals surface area contributed by atoms with Crippen LogP contribution in [-0.4, -0.2) is 26.2 Å². The minimum absolute atomic E-state index is 0.329. The molecule has 5 aromatic carbocycles. The molecule has 0 radical (unpaired) electrons. The second-order valence-corrected chi connectivity index (χ2v) is 13.7. The Kier molecular flexibility index (Phi) is 5.99. The van der Waals surface area contributed by atoms with E-state index in [0.717, 1.165) is 70.3 Å². The quantitative estimate of drug-likeness (QED) is 0.196. The van der Waals surface area contributed by atoms with E-state index in [1.807, 2.05) is 0 Å². The third-order valence-corrected chi connectivity index (χ3v) is 10.7. The highest BCUT2D eigenvalue weighted by Crippen LogP contribution is 2.45. The fraction of sp³-hybridized carbons (Fsp3) is 0.300. The van der Waals surface area contributed by atoms with Gasteiger partial charge in [-0.15, -0.1) is 0 Å².